The minimum Gasteiger partial charge on any atom is -0.356 e. The van der Waals surface area contributed by atoms with Crippen LogP contribution in [0, 0.1) is 10.1 Å². The third kappa shape index (κ3) is 2.86. The van der Waals surface area contributed by atoms with Crippen molar-refractivity contribution in [3.8, 4) is 0 Å². The van der Waals surface area contributed by atoms with Gasteiger partial charge in [-0.15, -0.1) is 0 Å². The van der Waals surface area contributed by atoms with Gasteiger partial charge >= 0.3 is 0 Å². The van der Waals surface area contributed by atoms with Crippen molar-refractivity contribution in [1.29, 1.82) is 0 Å². The maximum Gasteiger partial charge on any atom is 0.293 e. The fourth-order valence-corrected chi connectivity index (χ4v) is 2.56. The first-order valence-electron chi connectivity index (χ1n) is 5.82. The smallest absolute Gasteiger partial charge is 0.293 e. The first-order chi connectivity index (χ1) is 9.52. The number of benzene rings is 1. The molecule has 2 rings (SSSR count). The molecule has 0 bridgehead atoms. The molecule has 0 aliphatic carbocycles. The molecule has 0 saturated carbocycles. The van der Waals surface area contributed by atoms with Crippen LogP contribution in [0.5, 0.6) is 0 Å². The summed E-state index contributed by atoms with van der Waals surface area (Å²) in [6.07, 6.45) is 1.55. The zero-order valence-electron chi connectivity index (χ0n) is 10.4. The second-order valence-corrected chi connectivity index (χ2v) is 5.03. The number of rotatable bonds is 4. The van der Waals surface area contributed by atoms with E-state index in [-0.39, 0.29) is 16.8 Å². The van der Waals surface area contributed by atoms with Gasteiger partial charge in [-0.25, -0.2) is 0 Å². The van der Waals surface area contributed by atoms with Crippen LogP contribution in [-0.2, 0) is 4.79 Å². The molecule has 104 valence electrons. The molecule has 7 nitrogen and oxygen atoms in total. The number of amides is 2. The van der Waals surface area contributed by atoms with E-state index in [1.165, 1.54) is 24.3 Å². The average molecular weight is 294 g/mol. The predicted molar refractivity (Wildman–Crippen MR) is 73.5 cm³/mol. The summed E-state index contributed by atoms with van der Waals surface area (Å²) < 4.78 is 0. The second kappa shape index (κ2) is 5.85. The van der Waals surface area contributed by atoms with Gasteiger partial charge in [0.15, 0.2) is 0 Å². The van der Waals surface area contributed by atoms with Gasteiger partial charge in [-0.1, -0.05) is 0 Å². The normalized spacial score (nSPS) is 17.1. The molecule has 1 aliphatic heterocycles. The average Bonchev–Trinajstić information content (AvgIpc) is 2.67. The summed E-state index contributed by atoms with van der Waals surface area (Å²) in [5.74, 6) is -0.345. The van der Waals surface area contributed by atoms with Crippen LogP contribution in [-0.4, -0.2) is 34.1 Å². The quantitative estimate of drug-likeness (QED) is 0.503. The summed E-state index contributed by atoms with van der Waals surface area (Å²) >= 11 is 0.864. The van der Waals surface area contributed by atoms with Crippen LogP contribution < -0.4 is 5.73 Å². The summed E-state index contributed by atoms with van der Waals surface area (Å²) in [5.41, 5.74) is 4.23. The molecule has 1 fully saturated rings. The molecule has 3 N–H and O–H groups in total. The van der Waals surface area contributed by atoms with Crippen molar-refractivity contribution in [2.24, 2.45) is 0 Å². The van der Waals surface area contributed by atoms with Gasteiger partial charge in [0.2, 0.25) is 0 Å². The largest absolute Gasteiger partial charge is 0.356 e. The molecule has 1 aromatic carbocycles. The molecule has 1 aliphatic rings. The van der Waals surface area contributed by atoms with E-state index in [1.807, 2.05) is 0 Å². The Labute approximate surface area is 118 Å². The van der Waals surface area contributed by atoms with E-state index >= 15 is 0 Å². The van der Waals surface area contributed by atoms with E-state index < -0.39 is 4.92 Å². The van der Waals surface area contributed by atoms with Crippen LogP contribution in [0.15, 0.2) is 29.2 Å². The standard InChI is InChI=1S/C12H11N3O4S/c13-5-6-14-11(16)10(20-12(14)17)7-8-1-3-9(4-2-8)15(18)19/h1-4,7H,5-6,13H2/p+1/b10-7-. The molecule has 1 aromatic rings. The van der Waals surface area contributed by atoms with Crippen molar-refractivity contribution in [2.45, 2.75) is 0 Å². The lowest BCUT2D eigenvalue weighted by atomic mass is 10.2. The van der Waals surface area contributed by atoms with Crippen molar-refractivity contribution in [1.82, 2.24) is 4.90 Å². The van der Waals surface area contributed by atoms with E-state index in [4.69, 9.17) is 0 Å². The van der Waals surface area contributed by atoms with Crippen LogP contribution in [0.2, 0.25) is 0 Å². The van der Waals surface area contributed by atoms with Gasteiger partial charge in [-0.2, -0.15) is 0 Å². The number of hydrogen-bond acceptors (Lipinski definition) is 5. The summed E-state index contributed by atoms with van der Waals surface area (Å²) in [7, 11) is 0. The number of non-ortho nitro benzene ring substituents is 1. The van der Waals surface area contributed by atoms with E-state index in [2.05, 4.69) is 5.73 Å². The number of thioether (sulfide) groups is 1. The zero-order chi connectivity index (χ0) is 14.7. The Hall–Kier alpha value is -2.19. The lowest BCUT2D eigenvalue weighted by Crippen LogP contribution is -2.55. The van der Waals surface area contributed by atoms with Gasteiger partial charge in [0.05, 0.1) is 22.9 Å². The number of hydrogen-bond donors (Lipinski definition) is 1. The van der Waals surface area contributed by atoms with Crippen molar-refractivity contribution in [3.05, 3.63) is 44.8 Å². The lowest BCUT2D eigenvalue weighted by Gasteiger charge is -2.08. The van der Waals surface area contributed by atoms with E-state index in [0.29, 0.717) is 23.6 Å². The van der Waals surface area contributed by atoms with Gasteiger partial charge in [-0.05, 0) is 35.5 Å². The fourth-order valence-electron chi connectivity index (χ4n) is 1.69. The molecule has 1 heterocycles. The predicted octanol–water partition coefficient (Wildman–Crippen LogP) is 0.873. The number of quaternary nitrogens is 1. The Morgan fingerprint density at radius 3 is 2.50 bits per heavy atom. The van der Waals surface area contributed by atoms with Crippen LogP contribution in [0.1, 0.15) is 5.56 Å². The van der Waals surface area contributed by atoms with Crippen molar-refractivity contribution < 1.29 is 20.2 Å². The number of imide groups is 1. The second-order valence-electron chi connectivity index (χ2n) is 4.04. The molecule has 0 aromatic heterocycles. The van der Waals surface area contributed by atoms with Gasteiger partial charge in [0, 0.05) is 12.1 Å². The fraction of sp³-hybridized carbons (Fsp3) is 0.167. The number of carbonyl (C=O) groups is 2. The highest BCUT2D eigenvalue weighted by atomic mass is 32.2. The summed E-state index contributed by atoms with van der Waals surface area (Å²) in [6, 6.07) is 5.78. The molecule has 0 atom stereocenters. The van der Waals surface area contributed by atoms with Gasteiger partial charge < -0.3 is 5.73 Å². The van der Waals surface area contributed by atoms with E-state index in [0.717, 1.165) is 16.7 Å². The van der Waals surface area contributed by atoms with E-state index in [1.54, 1.807) is 6.08 Å². The van der Waals surface area contributed by atoms with Crippen LogP contribution >= 0.6 is 11.8 Å². The van der Waals surface area contributed by atoms with Crippen molar-refractivity contribution >= 4 is 34.7 Å². The van der Waals surface area contributed by atoms with Crippen molar-refractivity contribution in [2.75, 3.05) is 13.1 Å². The number of carbonyl (C=O) groups excluding carboxylic acids is 2. The first kappa shape index (κ1) is 14.2. The highest BCUT2D eigenvalue weighted by molar-refractivity contribution is 8.18. The highest BCUT2D eigenvalue weighted by Gasteiger charge is 2.34. The molecule has 2 amide bonds. The molecule has 0 spiro atoms. The maximum atomic E-state index is 12.0. The van der Waals surface area contributed by atoms with Crippen LogP contribution in [0.25, 0.3) is 6.08 Å². The number of nitro benzene ring substituents is 1. The molecular formula is C12H12N3O4S+. The molecular weight excluding hydrogens is 282 g/mol. The molecule has 20 heavy (non-hydrogen) atoms. The van der Waals surface area contributed by atoms with Gasteiger partial charge in [0.1, 0.15) is 0 Å². The van der Waals surface area contributed by atoms with Gasteiger partial charge in [0.25, 0.3) is 16.8 Å². The Morgan fingerprint density at radius 2 is 1.95 bits per heavy atom. The van der Waals surface area contributed by atoms with E-state index in [9.17, 15) is 19.7 Å². The highest BCUT2D eigenvalue weighted by Crippen LogP contribution is 2.31. The summed E-state index contributed by atoms with van der Waals surface area (Å²) in [5, 5.41) is 10.2. The summed E-state index contributed by atoms with van der Waals surface area (Å²) in [4.78, 5) is 35.1. The minimum absolute atomic E-state index is 0.0210. The summed E-state index contributed by atoms with van der Waals surface area (Å²) in [6.45, 7) is 0.755. The van der Waals surface area contributed by atoms with Crippen LogP contribution in [0.3, 0.4) is 0 Å². The molecule has 1 saturated heterocycles. The van der Waals surface area contributed by atoms with Crippen LogP contribution in [0.4, 0.5) is 10.5 Å². The monoisotopic (exact) mass is 294 g/mol. The van der Waals surface area contributed by atoms with Gasteiger partial charge in [-0.3, -0.25) is 24.6 Å². The zero-order valence-corrected chi connectivity index (χ0v) is 11.3. The van der Waals surface area contributed by atoms with Crippen molar-refractivity contribution in [3.63, 3.8) is 0 Å². The lowest BCUT2D eigenvalue weighted by molar-refractivity contribution is -0.384. The molecule has 0 radical (unpaired) electrons. The number of nitro groups is 1. The third-order valence-corrected chi connectivity index (χ3v) is 3.56. The first-order valence-corrected chi connectivity index (χ1v) is 6.63. The molecule has 0 unspecified atom stereocenters. The minimum atomic E-state index is -0.494. The maximum absolute atomic E-state index is 12.0. The SMILES string of the molecule is [NH3+]CCN1C(=O)S/C(=C\c2ccc([N+](=O)[O-])cc2)C1=O. The Balaban J connectivity index is 2.21. The number of nitrogens with zero attached hydrogens (tertiary/aromatic N) is 2. The molecule has 8 heteroatoms. The Kier molecular flexibility index (Phi) is 4.16. The Bertz CT molecular complexity index is 597. The third-order valence-electron chi connectivity index (χ3n) is 2.66. The Morgan fingerprint density at radius 1 is 1.30 bits per heavy atom. The topological polar surface area (TPSA) is 108 Å².